The van der Waals surface area contributed by atoms with Crippen LogP contribution in [-0.2, 0) is 4.79 Å². The molecule has 104 valence electrons. The summed E-state index contributed by atoms with van der Waals surface area (Å²) in [6.07, 6.45) is -0.546. The van der Waals surface area contributed by atoms with Gasteiger partial charge >= 0.3 is 0 Å². The summed E-state index contributed by atoms with van der Waals surface area (Å²) in [5, 5.41) is 2.83. The summed E-state index contributed by atoms with van der Waals surface area (Å²) >= 11 is 0. The lowest BCUT2D eigenvalue weighted by Gasteiger charge is -2.17. The summed E-state index contributed by atoms with van der Waals surface area (Å²) in [5.74, 6) is 0.595. The number of para-hydroxylation sites is 1. The van der Waals surface area contributed by atoms with Crippen LogP contribution in [0.5, 0.6) is 5.75 Å². The number of hydrogen-bond acceptors (Lipinski definition) is 2. The number of benzene rings is 2. The summed E-state index contributed by atoms with van der Waals surface area (Å²) in [5.41, 5.74) is 2.99. The molecule has 0 aliphatic carbocycles. The summed E-state index contributed by atoms with van der Waals surface area (Å²) in [7, 11) is 0. The van der Waals surface area contributed by atoms with E-state index in [-0.39, 0.29) is 5.91 Å². The van der Waals surface area contributed by atoms with Crippen molar-refractivity contribution in [3.05, 3.63) is 59.7 Å². The van der Waals surface area contributed by atoms with Gasteiger partial charge in [0.25, 0.3) is 5.91 Å². The lowest BCUT2D eigenvalue weighted by atomic mass is 10.1. The zero-order valence-electron chi connectivity index (χ0n) is 12.0. The number of anilines is 1. The number of amides is 1. The number of hydrogen-bond donors (Lipinski definition) is 1. The van der Waals surface area contributed by atoms with Crippen LogP contribution in [-0.4, -0.2) is 12.0 Å². The lowest BCUT2D eigenvalue weighted by Crippen LogP contribution is -2.30. The molecule has 0 radical (unpaired) electrons. The van der Waals surface area contributed by atoms with Crippen molar-refractivity contribution in [2.45, 2.75) is 26.9 Å². The Kier molecular flexibility index (Phi) is 4.41. The first kappa shape index (κ1) is 14.1. The fourth-order valence-corrected chi connectivity index (χ4v) is 1.86. The van der Waals surface area contributed by atoms with E-state index in [0.29, 0.717) is 0 Å². The van der Waals surface area contributed by atoms with Crippen molar-refractivity contribution in [3.63, 3.8) is 0 Å². The molecule has 0 aliphatic rings. The van der Waals surface area contributed by atoms with Gasteiger partial charge in [0.2, 0.25) is 0 Å². The minimum absolute atomic E-state index is 0.155. The molecule has 0 fully saturated rings. The minimum Gasteiger partial charge on any atom is -0.481 e. The molecule has 0 spiro atoms. The van der Waals surface area contributed by atoms with Gasteiger partial charge in [0, 0.05) is 5.69 Å². The van der Waals surface area contributed by atoms with Crippen LogP contribution in [0.15, 0.2) is 48.5 Å². The van der Waals surface area contributed by atoms with Crippen molar-refractivity contribution in [1.82, 2.24) is 0 Å². The van der Waals surface area contributed by atoms with Gasteiger partial charge in [-0.1, -0.05) is 30.3 Å². The summed E-state index contributed by atoms with van der Waals surface area (Å²) < 4.78 is 5.75. The molecule has 0 aromatic heterocycles. The molecule has 2 rings (SSSR count). The highest BCUT2D eigenvalue weighted by molar-refractivity contribution is 5.94. The Morgan fingerprint density at radius 1 is 1.05 bits per heavy atom. The lowest BCUT2D eigenvalue weighted by molar-refractivity contribution is -0.122. The molecule has 0 bridgehead atoms. The van der Waals surface area contributed by atoms with Crippen molar-refractivity contribution >= 4 is 11.6 Å². The van der Waals surface area contributed by atoms with Crippen molar-refractivity contribution in [2.24, 2.45) is 0 Å². The third-order valence-corrected chi connectivity index (χ3v) is 3.27. The third-order valence-electron chi connectivity index (χ3n) is 3.27. The van der Waals surface area contributed by atoms with Gasteiger partial charge in [-0.2, -0.15) is 0 Å². The summed E-state index contributed by atoms with van der Waals surface area (Å²) in [6.45, 7) is 5.77. The monoisotopic (exact) mass is 269 g/mol. The number of carbonyl (C=O) groups excluding carboxylic acids is 1. The molecule has 1 atom stereocenters. The van der Waals surface area contributed by atoms with E-state index >= 15 is 0 Å². The predicted octanol–water partition coefficient (Wildman–Crippen LogP) is 3.71. The van der Waals surface area contributed by atoms with E-state index < -0.39 is 6.10 Å². The quantitative estimate of drug-likeness (QED) is 0.919. The SMILES string of the molecule is Cc1cccc(O[C@H](C)C(=O)Nc2ccccc2)c1C. The molecule has 0 saturated heterocycles. The molecule has 0 unspecified atom stereocenters. The zero-order chi connectivity index (χ0) is 14.5. The molecule has 1 N–H and O–H groups in total. The molecule has 2 aromatic rings. The van der Waals surface area contributed by atoms with Gasteiger partial charge in [-0.05, 0) is 50.1 Å². The highest BCUT2D eigenvalue weighted by atomic mass is 16.5. The summed E-state index contributed by atoms with van der Waals surface area (Å²) in [6, 6.07) is 15.2. The molecule has 20 heavy (non-hydrogen) atoms. The molecule has 0 saturated carbocycles. The first-order chi connectivity index (χ1) is 9.58. The van der Waals surface area contributed by atoms with Gasteiger partial charge in [0.1, 0.15) is 5.75 Å². The minimum atomic E-state index is -0.546. The second kappa shape index (κ2) is 6.24. The van der Waals surface area contributed by atoms with Crippen molar-refractivity contribution in [2.75, 3.05) is 5.32 Å². The molecule has 1 amide bonds. The molecular weight excluding hydrogens is 250 g/mol. The number of ether oxygens (including phenoxy) is 1. The van der Waals surface area contributed by atoms with Crippen LogP contribution in [0.4, 0.5) is 5.69 Å². The first-order valence-corrected chi connectivity index (χ1v) is 6.66. The van der Waals surface area contributed by atoms with E-state index in [2.05, 4.69) is 5.32 Å². The Morgan fingerprint density at radius 2 is 1.75 bits per heavy atom. The van der Waals surface area contributed by atoms with Gasteiger partial charge in [-0.15, -0.1) is 0 Å². The van der Waals surface area contributed by atoms with Crippen molar-refractivity contribution in [1.29, 1.82) is 0 Å². The molecule has 3 heteroatoms. The van der Waals surface area contributed by atoms with Crippen LogP contribution < -0.4 is 10.1 Å². The summed E-state index contributed by atoms with van der Waals surface area (Å²) in [4.78, 5) is 12.1. The van der Waals surface area contributed by atoms with Crippen LogP contribution in [0, 0.1) is 13.8 Å². The number of aryl methyl sites for hydroxylation is 1. The maximum Gasteiger partial charge on any atom is 0.265 e. The Labute approximate surface area is 119 Å². The normalized spacial score (nSPS) is 11.8. The first-order valence-electron chi connectivity index (χ1n) is 6.66. The Morgan fingerprint density at radius 3 is 2.45 bits per heavy atom. The van der Waals surface area contributed by atoms with Crippen LogP contribution in [0.1, 0.15) is 18.1 Å². The molecule has 3 nitrogen and oxygen atoms in total. The van der Waals surface area contributed by atoms with E-state index in [4.69, 9.17) is 4.74 Å². The Balaban J connectivity index is 2.03. The number of nitrogens with one attached hydrogen (secondary N) is 1. The Hall–Kier alpha value is -2.29. The molecule has 0 heterocycles. The average Bonchev–Trinajstić information content (AvgIpc) is 2.45. The van der Waals surface area contributed by atoms with Crippen LogP contribution in [0.25, 0.3) is 0 Å². The topological polar surface area (TPSA) is 38.3 Å². The fraction of sp³-hybridized carbons (Fsp3) is 0.235. The molecular formula is C17H19NO2. The van der Waals surface area contributed by atoms with Gasteiger partial charge in [-0.25, -0.2) is 0 Å². The smallest absolute Gasteiger partial charge is 0.265 e. The maximum absolute atomic E-state index is 12.1. The maximum atomic E-state index is 12.1. The second-order valence-electron chi connectivity index (χ2n) is 4.81. The predicted molar refractivity (Wildman–Crippen MR) is 81.1 cm³/mol. The van der Waals surface area contributed by atoms with Crippen molar-refractivity contribution in [3.8, 4) is 5.75 Å². The van der Waals surface area contributed by atoms with Crippen LogP contribution >= 0.6 is 0 Å². The number of rotatable bonds is 4. The van der Waals surface area contributed by atoms with Crippen LogP contribution in [0.3, 0.4) is 0 Å². The zero-order valence-corrected chi connectivity index (χ0v) is 12.0. The third kappa shape index (κ3) is 3.38. The van der Waals surface area contributed by atoms with Gasteiger partial charge in [0.05, 0.1) is 0 Å². The largest absolute Gasteiger partial charge is 0.481 e. The van der Waals surface area contributed by atoms with E-state index in [1.807, 2.05) is 62.4 Å². The van der Waals surface area contributed by atoms with Gasteiger partial charge in [0.15, 0.2) is 6.10 Å². The molecule has 2 aromatic carbocycles. The number of carbonyl (C=O) groups is 1. The van der Waals surface area contributed by atoms with E-state index in [1.165, 1.54) is 0 Å². The van der Waals surface area contributed by atoms with Crippen LogP contribution in [0.2, 0.25) is 0 Å². The van der Waals surface area contributed by atoms with Gasteiger partial charge in [-0.3, -0.25) is 4.79 Å². The second-order valence-corrected chi connectivity index (χ2v) is 4.81. The van der Waals surface area contributed by atoms with E-state index in [0.717, 1.165) is 22.6 Å². The van der Waals surface area contributed by atoms with Gasteiger partial charge < -0.3 is 10.1 Å². The molecule has 0 aliphatic heterocycles. The fourth-order valence-electron chi connectivity index (χ4n) is 1.86. The standard InChI is InChI=1S/C17H19NO2/c1-12-8-7-11-16(13(12)2)20-14(3)17(19)18-15-9-5-4-6-10-15/h4-11,14H,1-3H3,(H,18,19)/t14-/m1/s1. The highest BCUT2D eigenvalue weighted by Gasteiger charge is 2.16. The average molecular weight is 269 g/mol. The highest BCUT2D eigenvalue weighted by Crippen LogP contribution is 2.22. The van der Waals surface area contributed by atoms with E-state index in [1.54, 1.807) is 6.92 Å². The van der Waals surface area contributed by atoms with Crippen molar-refractivity contribution < 1.29 is 9.53 Å². The Bertz CT molecular complexity index is 593. The van der Waals surface area contributed by atoms with E-state index in [9.17, 15) is 4.79 Å².